The molecule has 1 atom stereocenters. The van der Waals surface area contributed by atoms with E-state index < -0.39 is 0 Å². The standard InChI is InChI=1S/C13H16ClN5O/c1-3-8-4-11(20)19(6-8)7-10-16-12(14)9-5-15-18(2)13(9)17-10/h5,8H,3-4,6-7H2,1-2H3. The first-order valence-corrected chi connectivity index (χ1v) is 7.08. The highest BCUT2D eigenvalue weighted by atomic mass is 35.5. The molecule has 0 saturated carbocycles. The van der Waals surface area contributed by atoms with Gasteiger partial charge in [-0.25, -0.2) is 9.97 Å². The van der Waals surface area contributed by atoms with Crippen molar-refractivity contribution >= 4 is 28.5 Å². The lowest BCUT2D eigenvalue weighted by atomic mass is 10.1. The monoisotopic (exact) mass is 293 g/mol. The van der Waals surface area contributed by atoms with Gasteiger partial charge in [-0.3, -0.25) is 9.48 Å². The molecule has 1 amide bonds. The van der Waals surface area contributed by atoms with Gasteiger partial charge in [-0.15, -0.1) is 0 Å². The van der Waals surface area contributed by atoms with Gasteiger partial charge in [-0.1, -0.05) is 24.9 Å². The van der Waals surface area contributed by atoms with Crippen molar-refractivity contribution in [3.8, 4) is 0 Å². The largest absolute Gasteiger partial charge is 0.335 e. The molecule has 1 unspecified atom stereocenters. The van der Waals surface area contributed by atoms with Crippen molar-refractivity contribution in [2.45, 2.75) is 26.3 Å². The Balaban J connectivity index is 1.88. The van der Waals surface area contributed by atoms with Crippen LogP contribution in [0.2, 0.25) is 5.15 Å². The number of aromatic nitrogens is 4. The van der Waals surface area contributed by atoms with Crippen molar-refractivity contribution in [2.75, 3.05) is 6.54 Å². The molecule has 1 aliphatic heterocycles. The number of aryl methyl sites for hydroxylation is 1. The lowest BCUT2D eigenvalue weighted by Gasteiger charge is -2.15. The zero-order valence-electron chi connectivity index (χ0n) is 11.5. The highest BCUT2D eigenvalue weighted by molar-refractivity contribution is 6.33. The number of carbonyl (C=O) groups is 1. The molecule has 2 aromatic rings. The Kier molecular flexibility index (Phi) is 3.33. The van der Waals surface area contributed by atoms with Crippen LogP contribution in [0.5, 0.6) is 0 Å². The molecule has 106 valence electrons. The van der Waals surface area contributed by atoms with Crippen molar-refractivity contribution in [3.63, 3.8) is 0 Å². The van der Waals surface area contributed by atoms with E-state index in [0.717, 1.165) is 18.4 Å². The summed E-state index contributed by atoms with van der Waals surface area (Å²) in [5, 5.41) is 5.24. The summed E-state index contributed by atoms with van der Waals surface area (Å²) in [5.41, 5.74) is 0.693. The SMILES string of the molecule is CCC1CC(=O)N(Cc2nc(Cl)c3cnn(C)c3n2)C1. The number of rotatable bonds is 3. The molecule has 0 aliphatic carbocycles. The van der Waals surface area contributed by atoms with Crippen molar-refractivity contribution in [1.82, 2.24) is 24.6 Å². The summed E-state index contributed by atoms with van der Waals surface area (Å²) in [6.07, 6.45) is 3.29. The fraction of sp³-hybridized carbons (Fsp3) is 0.538. The first-order chi connectivity index (χ1) is 9.58. The van der Waals surface area contributed by atoms with Gasteiger partial charge in [-0.05, 0) is 5.92 Å². The van der Waals surface area contributed by atoms with Crippen molar-refractivity contribution in [3.05, 3.63) is 17.2 Å². The lowest BCUT2D eigenvalue weighted by Crippen LogP contribution is -2.25. The fourth-order valence-corrected chi connectivity index (χ4v) is 2.78. The molecule has 0 radical (unpaired) electrons. The van der Waals surface area contributed by atoms with E-state index >= 15 is 0 Å². The van der Waals surface area contributed by atoms with Crippen molar-refractivity contribution < 1.29 is 4.79 Å². The Morgan fingerprint density at radius 2 is 2.25 bits per heavy atom. The fourth-order valence-electron chi connectivity index (χ4n) is 2.55. The maximum atomic E-state index is 11.9. The number of amides is 1. The highest BCUT2D eigenvalue weighted by Gasteiger charge is 2.29. The Morgan fingerprint density at radius 1 is 1.45 bits per heavy atom. The number of hydrogen-bond acceptors (Lipinski definition) is 4. The second kappa shape index (κ2) is 5.01. The Bertz CT molecular complexity index is 668. The Hall–Kier alpha value is -1.69. The van der Waals surface area contributed by atoms with Gasteiger partial charge >= 0.3 is 0 Å². The molecule has 7 heteroatoms. The van der Waals surface area contributed by atoms with Crippen LogP contribution < -0.4 is 0 Å². The quantitative estimate of drug-likeness (QED) is 0.809. The van der Waals surface area contributed by atoms with Crippen LogP contribution in [0.15, 0.2) is 6.20 Å². The first-order valence-electron chi connectivity index (χ1n) is 6.70. The van der Waals surface area contributed by atoms with Gasteiger partial charge in [0.15, 0.2) is 11.5 Å². The van der Waals surface area contributed by atoms with E-state index in [-0.39, 0.29) is 5.91 Å². The summed E-state index contributed by atoms with van der Waals surface area (Å²) in [4.78, 5) is 22.5. The van der Waals surface area contributed by atoms with E-state index in [9.17, 15) is 4.79 Å². The minimum Gasteiger partial charge on any atom is -0.335 e. The number of hydrogen-bond donors (Lipinski definition) is 0. The van der Waals surface area contributed by atoms with Crippen LogP contribution >= 0.6 is 11.6 Å². The van der Waals surface area contributed by atoms with Crippen LogP contribution in [-0.4, -0.2) is 37.1 Å². The number of likely N-dealkylation sites (tertiary alicyclic amines) is 1. The van der Waals surface area contributed by atoms with Crippen LogP contribution in [0, 0.1) is 5.92 Å². The van der Waals surface area contributed by atoms with Crippen LogP contribution in [0.4, 0.5) is 0 Å². The third-order valence-electron chi connectivity index (χ3n) is 3.80. The average molecular weight is 294 g/mol. The van der Waals surface area contributed by atoms with Gasteiger partial charge in [0.25, 0.3) is 0 Å². The average Bonchev–Trinajstić information content (AvgIpc) is 2.95. The molecular formula is C13H16ClN5O. The van der Waals surface area contributed by atoms with E-state index in [1.54, 1.807) is 10.9 Å². The van der Waals surface area contributed by atoms with E-state index in [0.29, 0.717) is 35.5 Å². The summed E-state index contributed by atoms with van der Waals surface area (Å²) in [6, 6.07) is 0. The number of fused-ring (bicyclic) bond motifs is 1. The molecule has 3 rings (SSSR count). The topological polar surface area (TPSA) is 63.9 Å². The molecule has 0 aromatic carbocycles. The smallest absolute Gasteiger partial charge is 0.223 e. The predicted molar refractivity (Wildman–Crippen MR) is 75.1 cm³/mol. The minimum absolute atomic E-state index is 0.168. The molecule has 1 aliphatic rings. The highest BCUT2D eigenvalue weighted by Crippen LogP contribution is 2.24. The zero-order chi connectivity index (χ0) is 14.3. The number of nitrogens with zero attached hydrogens (tertiary/aromatic N) is 5. The van der Waals surface area contributed by atoms with E-state index in [4.69, 9.17) is 11.6 Å². The Morgan fingerprint density at radius 3 is 2.95 bits per heavy atom. The van der Waals surface area contributed by atoms with Gasteiger partial charge in [0, 0.05) is 20.0 Å². The minimum atomic E-state index is 0.168. The van der Waals surface area contributed by atoms with Gasteiger partial charge in [-0.2, -0.15) is 5.10 Å². The zero-order valence-corrected chi connectivity index (χ0v) is 12.3. The van der Waals surface area contributed by atoms with Crippen LogP contribution in [0.25, 0.3) is 11.0 Å². The van der Waals surface area contributed by atoms with Gasteiger partial charge < -0.3 is 4.90 Å². The molecule has 6 nitrogen and oxygen atoms in total. The summed E-state index contributed by atoms with van der Waals surface area (Å²) in [5.74, 6) is 1.18. The Labute approximate surface area is 121 Å². The molecule has 1 fully saturated rings. The number of halogens is 1. The van der Waals surface area contributed by atoms with Crippen LogP contribution in [0.3, 0.4) is 0 Å². The normalized spacial score (nSPS) is 19.2. The predicted octanol–water partition coefficient (Wildman–Crippen LogP) is 1.78. The van der Waals surface area contributed by atoms with Crippen LogP contribution in [0.1, 0.15) is 25.6 Å². The van der Waals surface area contributed by atoms with Crippen molar-refractivity contribution in [1.29, 1.82) is 0 Å². The van der Waals surface area contributed by atoms with E-state index in [1.165, 1.54) is 0 Å². The maximum absolute atomic E-state index is 11.9. The van der Waals surface area contributed by atoms with Gasteiger partial charge in [0.1, 0.15) is 5.15 Å². The molecule has 1 saturated heterocycles. The van der Waals surface area contributed by atoms with Gasteiger partial charge in [0.2, 0.25) is 5.91 Å². The molecule has 2 aromatic heterocycles. The third kappa shape index (κ3) is 2.24. The maximum Gasteiger partial charge on any atom is 0.223 e. The van der Waals surface area contributed by atoms with E-state index in [1.807, 2.05) is 11.9 Å². The molecule has 0 spiro atoms. The summed E-state index contributed by atoms with van der Waals surface area (Å²) >= 11 is 6.15. The second-order valence-electron chi connectivity index (χ2n) is 5.19. The van der Waals surface area contributed by atoms with E-state index in [2.05, 4.69) is 22.0 Å². The third-order valence-corrected chi connectivity index (χ3v) is 4.08. The summed E-state index contributed by atoms with van der Waals surface area (Å²) < 4.78 is 1.66. The van der Waals surface area contributed by atoms with Gasteiger partial charge in [0.05, 0.1) is 18.1 Å². The lowest BCUT2D eigenvalue weighted by molar-refractivity contribution is -0.128. The molecular weight excluding hydrogens is 278 g/mol. The molecule has 0 N–H and O–H groups in total. The second-order valence-corrected chi connectivity index (χ2v) is 5.55. The number of carbonyl (C=O) groups excluding carboxylic acids is 1. The molecule has 0 bridgehead atoms. The summed E-state index contributed by atoms with van der Waals surface area (Å²) in [7, 11) is 1.81. The molecule has 20 heavy (non-hydrogen) atoms. The van der Waals surface area contributed by atoms with Crippen LogP contribution in [-0.2, 0) is 18.4 Å². The van der Waals surface area contributed by atoms with Crippen molar-refractivity contribution in [2.24, 2.45) is 13.0 Å². The molecule has 3 heterocycles. The first kappa shape index (κ1) is 13.3. The summed E-state index contributed by atoms with van der Waals surface area (Å²) in [6.45, 7) is 3.30.